The molecule has 0 fully saturated rings. The largest absolute Gasteiger partial charge is 0.419 e. The first-order chi connectivity index (χ1) is 15.2. The Balaban J connectivity index is 2.45. The van der Waals surface area contributed by atoms with Crippen LogP contribution in [0.2, 0.25) is 0 Å². The maximum Gasteiger partial charge on any atom is 0.419 e. The molecule has 0 bridgehead atoms. The Labute approximate surface area is 208 Å². The van der Waals surface area contributed by atoms with Crippen molar-refractivity contribution in [1.29, 1.82) is 0 Å². The average Bonchev–Trinajstić information content (AvgIpc) is 2.63. The van der Waals surface area contributed by atoms with Gasteiger partial charge in [0.2, 0.25) is 0 Å². The maximum atomic E-state index is 13.3. The smallest absolute Gasteiger partial charge is 0.417 e. The van der Waals surface area contributed by atoms with Crippen molar-refractivity contribution in [2.24, 2.45) is 0 Å². The van der Waals surface area contributed by atoms with Crippen molar-refractivity contribution < 1.29 is 13.6 Å². The van der Waals surface area contributed by atoms with Crippen LogP contribution in [-0.4, -0.2) is 0 Å². The van der Waals surface area contributed by atoms with E-state index in [1.54, 1.807) is 0 Å². The van der Waals surface area contributed by atoms with Gasteiger partial charge in [0.05, 0.1) is 0 Å². The fraction of sp³-hybridized carbons (Fsp3) is 0.600. The van der Waals surface area contributed by atoms with Gasteiger partial charge in [-0.25, -0.2) is 4.57 Å². The van der Waals surface area contributed by atoms with Crippen LogP contribution in [0, 0.1) is 0 Å². The van der Waals surface area contributed by atoms with Gasteiger partial charge in [0.15, 0.2) is 0 Å². The standard InChI is InChI=1S/C30H45O3P/c1-18-21-14-19(27(2,3)4)16-23(29(8,9)10)25(21)32-34(31)33-26-22(18)15-20(28(5,6)7)17-24(26)30(11,12)13/h14-18,34H,1-13H3. The number of benzene rings is 2. The van der Waals surface area contributed by atoms with Gasteiger partial charge in [-0.1, -0.05) is 114 Å². The van der Waals surface area contributed by atoms with Crippen molar-refractivity contribution in [3.05, 3.63) is 57.6 Å². The fourth-order valence-corrected chi connectivity index (χ4v) is 5.34. The van der Waals surface area contributed by atoms with Crippen LogP contribution >= 0.6 is 8.25 Å². The molecule has 3 rings (SSSR count). The van der Waals surface area contributed by atoms with Gasteiger partial charge in [-0.15, -0.1) is 0 Å². The first-order valence-electron chi connectivity index (χ1n) is 12.5. The molecule has 3 nitrogen and oxygen atoms in total. The molecule has 0 unspecified atom stereocenters. The Morgan fingerprint density at radius 1 is 0.588 bits per heavy atom. The molecular weight excluding hydrogens is 439 g/mol. The SMILES string of the molecule is CC1c2cc(C(C)(C)C)cc(C(C)(C)C)c2O[PH](=O)Oc2c1cc(C(C)(C)C)cc2C(C)(C)C. The van der Waals surface area contributed by atoms with E-state index in [2.05, 4.69) is 114 Å². The van der Waals surface area contributed by atoms with Crippen LogP contribution in [0.25, 0.3) is 0 Å². The van der Waals surface area contributed by atoms with E-state index >= 15 is 0 Å². The van der Waals surface area contributed by atoms with Crippen LogP contribution in [0.3, 0.4) is 0 Å². The summed E-state index contributed by atoms with van der Waals surface area (Å²) in [5, 5.41) is 0. The Bertz CT molecular complexity index is 1030. The van der Waals surface area contributed by atoms with E-state index in [0.29, 0.717) is 0 Å². The predicted octanol–water partition coefficient (Wildman–Crippen LogP) is 9.19. The molecule has 0 aromatic heterocycles. The number of fused-ring (bicyclic) bond motifs is 2. The summed E-state index contributed by atoms with van der Waals surface area (Å²) >= 11 is 0. The summed E-state index contributed by atoms with van der Waals surface area (Å²) in [6.07, 6.45) is 0. The van der Waals surface area contributed by atoms with Gasteiger partial charge >= 0.3 is 8.25 Å². The van der Waals surface area contributed by atoms with Crippen molar-refractivity contribution >= 4 is 8.25 Å². The van der Waals surface area contributed by atoms with Gasteiger partial charge in [-0.05, 0) is 32.8 Å². The van der Waals surface area contributed by atoms with Crippen molar-refractivity contribution in [3.8, 4) is 11.5 Å². The molecule has 0 saturated carbocycles. The van der Waals surface area contributed by atoms with Crippen molar-refractivity contribution in [2.75, 3.05) is 0 Å². The van der Waals surface area contributed by atoms with Crippen molar-refractivity contribution in [2.45, 2.75) is 118 Å². The van der Waals surface area contributed by atoms with E-state index in [1.165, 1.54) is 11.1 Å². The zero-order valence-electron chi connectivity index (χ0n) is 23.6. The van der Waals surface area contributed by atoms with Gasteiger partial charge in [-0.2, -0.15) is 0 Å². The van der Waals surface area contributed by atoms with E-state index in [0.717, 1.165) is 33.8 Å². The Morgan fingerprint density at radius 2 is 0.912 bits per heavy atom. The Hall–Kier alpha value is -1.73. The summed E-state index contributed by atoms with van der Waals surface area (Å²) in [6.45, 7) is 28.8. The zero-order chi connectivity index (χ0) is 26.0. The summed E-state index contributed by atoms with van der Waals surface area (Å²) in [5.74, 6) is 1.47. The quantitative estimate of drug-likeness (QED) is 0.350. The van der Waals surface area contributed by atoms with E-state index < -0.39 is 8.25 Å². The second kappa shape index (κ2) is 8.44. The number of hydrogen-bond acceptors (Lipinski definition) is 3. The van der Waals surface area contributed by atoms with Gasteiger partial charge in [-0.3, -0.25) is 0 Å². The lowest BCUT2D eigenvalue weighted by Gasteiger charge is -2.35. The second-order valence-corrected chi connectivity index (χ2v) is 15.0. The lowest BCUT2D eigenvalue weighted by atomic mass is 9.74. The first kappa shape index (κ1) is 26.9. The van der Waals surface area contributed by atoms with Crippen LogP contribution in [0.5, 0.6) is 11.5 Å². The molecule has 1 aliphatic rings. The zero-order valence-corrected chi connectivity index (χ0v) is 24.6. The molecule has 2 aromatic rings. The minimum Gasteiger partial charge on any atom is -0.417 e. The molecule has 1 heterocycles. The van der Waals surface area contributed by atoms with Crippen LogP contribution in [-0.2, 0) is 26.2 Å². The van der Waals surface area contributed by atoms with E-state index in [9.17, 15) is 4.57 Å². The van der Waals surface area contributed by atoms with Crippen LogP contribution in [0.4, 0.5) is 0 Å². The van der Waals surface area contributed by atoms with E-state index in [-0.39, 0.29) is 27.6 Å². The Kier molecular flexibility index (Phi) is 6.67. The summed E-state index contributed by atoms with van der Waals surface area (Å²) in [5.41, 5.74) is 6.48. The van der Waals surface area contributed by atoms with Gasteiger partial charge in [0.25, 0.3) is 0 Å². The molecule has 0 amide bonds. The average molecular weight is 485 g/mol. The summed E-state index contributed by atoms with van der Waals surface area (Å²) < 4.78 is 25.7. The minimum atomic E-state index is -2.81. The highest BCUT2D eigenvalue weighted by Gasteiger charge is 2.35. The summed E-state index contributed by atoms with van der Waals surface area (Å²) in [7, 11) is -2.81. The molecule has 2 aromatic carbocycles. The molecule has 0 atom stereocenters. The normalized spacial score (nSPS) is 19.3. The summed E-state index contributed by atoms with van der Waals surface area (Å²) in [4.78, 5) is 0. The highest BCUT2D eigenvalue weighted by molar-refractivity contribution is 7.34. The third-order valence-electron chi connectivity index (χ3n) is 6.89. The van der Waals surface area contributed by atoms with Crippen molar-refractivity contribution in [1.82, 2.24) is 0 Å². The highest BCUT2D eigenvalue weighted by atomic mass is 31.1. The maximum absolute atomic E-state index is 13.3. The van der Waals surface area contributed by atoms with Crippen LogP contribution in [0.1, 0.15) is 129 Å². The highest BCUT2D eigenvalue weighted by Crippen LogP contribution is 2.52. The number of hydrogen-bond donors (Lipinski definition) is 0. The van der Waals surface area contributed by atoms with Gasteiger partial charge < -0.3 is 9.05 Å². The Morgan fingerprint density at radius 3 is 1.18 bits per heavy atom. The van der Waals surface area contributed by atoms with E-state index in [1.807, 2.05) is 0 Å². The molecule has 0 aliphatic carbocycles. The number of rotatable bonds is 0. The third kappa shape index (κ3) is 5.25. The second-order valence-electron chi connectivity index (χ2n) is 14.1. The summed E-state index contributed by atoms with van der Waals surface area (Å²) in [6, 6.07) is 8.99. The monoisotopic (exact) mass is 484 g/mol. The van der Waals surface area contributed by atoms with Gasteiger partial charge in [0, 0.05) is 28.2 Å². The lowest BCUT2D eigenvalue weighted by molar-refractivity contribution is 0.391. The van der Waals surface area contributed by atoms with Crippen LogP contribution in [0.15, 0.2) is 24.3 Å². The molecular formula is C30H45O3P. The molecule has 188 valence electrons. The molecule has 0 saturated heterocycles. The van der Waals surface area contributed by atoms with E-state index in [4.69, 9.17) is 9.05 Å². The predicted molar refractivity (Wildman–Crippen MR) is 145 cm³/mol. The van der Waals surface area contributed by atoms with Crippen molar-refractivity contribution in [3.63, 3.8) is 0 Å². The van der Waals surface area contributed by atoms with Gasteiger partial charge in [0.1, 0.15) is 11.5 Å². The molecule has 0 spiro atoms. The molecule has 0 radical (unpaired) electrons. The molecule has 0 N–H and O–H groups in total. The fourth-order valence-electron chi connectivity index (χ4n) is 4.51. The molecule has 4 heteroatoms. The topological polar surface area (TPSA) is 35.5 Å². The first-order valence-corrected chi connectivity index (χ1v) is 13.7. The molecule has 1 aliphatic heterocycles. The third-order valence-corrected chi connectivity index (χ3v) is 7.63. The van der Waals surface area contributed by atoms with Crippen LogP contribution < -0.4 is 9.05 Å². The minimum absolute atomic E-state index is 0.0203. The molecule has 34 heavy (non-hydrogen) atoms. The lowest BCUT2D eigenvalue weighted by Crippen LogP contribution is -2.22.